The van der Waals surface area contributed by atoms with Gasteiger partial charge in [-0.2, -0.15) is 0 Å². The Bertz CT molecular complexity index is 443. The highest BCUT2D eigenvalue weighted by atomic mass is 35.5. The van der Waals surface area contributed by atoms with Gasteiger partial charge in [-0.1, -0.05) is 11.6 Å². The molecule has 1 amide bonds. The Morgan fingerprint density at radius 2 is 2.16 bits per heavy atom. The van der Waals surface area contributed by atoms with Gasteiger partial charge < -0.3 is 9.64 Å². The van der Waals surface area contributed by atoms with Gasteiger partial charge in [0.1, 0.15) is 0 Å². The van der Waals surface area contributed by atoms with Crippen LogP contribution in [0.1, 0.15) is 33.1 Å². The molecule has 1 saturated heterocycles. The standard InChI is InChI=1S/C14H19ClN2O2/c1-10-5-3-6-11(2)17(10)13(18)9-19-12-7-4-8-16-14(12)15/h4,7-8,10-11H,3,5-6,9H2,1-2H3/t10-,11-/m0/s1. The first kappa shape index (κ1) is 14.1. The molecule has 0 spiro atoms. The van der Waals surface area contributed by atoms with Gasteiger partial charge in [0.2, 0.25) is 0 Å². The summed E-state index contributed by atoms with van der Waals surface area (Å²) in [6.07, 6.45) is 4.89. The van der Waals surface area contributed by atoms with Crippen molar-refractivity contribution in [2.45, 2.75) is 45.2 Å². The maximum absolute atomic E-state index is 12.2. The van der Waals surface area contributed by atoms with Crippen LogP contribution in [0.3, 0.4) is 0 Å². The van der Waals surface area contributed by atoms with Crippen LogP contribution in [-0.2, 0) is 4.79 Å². The van der Waals surface area contributed by atoms with Crippen molar-refractivity contribution < 1.29 is 9.53 Å². The number of amides is 1. The third-order valence-electron chi connectivity index (χ3n) is 3.56. The molecule has 1 fully saturated rings. The Kier molecular flexibility index (Phi) is 4.64. The van der Waals surface area contributed by atoms with Crippen LogP contribution in [0.5, 0.6) is 5.75 Å². The van der Waals surface area contributed by atoms with Gasteiger partial charge in [-0.15, -0.1) is 0 Å². The molecule has 0 bridgehead atoms. The zero-order valence-corrected chi connectivity index (χ0v) is 12.1. The van der Waals surface area contributed by atoms with Gasteiger partial charge in [0.15, 0.2) is 17.5 Å². The molecule has 1 aliphatic heterocycles. The average Bonchev–Trinajstić information content (AvgIpc) is 2.37. The lowest BCUT2D eigenvalue weighted by Gasteiger charge is -2.38. The van der Waals surface area contributed by atoms with E-state index in [0.717, 1.165) is 12.8 Å². The average molecular weight is 283 g/mol. The summed E-state index contributed by atoms with van der Waals surface area (Å²) in [7, 11) is 0. The Balaban J connectivity index is 1.95. The van der Waals surface area contributed by atoms with Crippen LogP contribution in [-0.4, -0.2) is 34.5 Å². The number of carbonyl (C=O) groups excluding carboxylic acids is 1. The molecule has 1 aromatic heterocycles. The van der Waals surface area contributed by atoms with Crippen molar-refractivity contribution in [3.8, 4) is 5.75 Å². The van der Waals surface area contributed by atoms with Crippen LogP contribution in [0, 0.1) is 0 Å². The Morgan fingerprint density at radius 3 is 2.79 bits per heavy atom. The van der Waals surface area contributed by atoms with Crippen LogP contribution in [0.25, 0.3) is 0 Å². The zero-order valence-electron chi connectivity index (χ0n) is 11.3. The van der Waals surface area contributed by atoms with E-state index in [1.54, 1.807) is 18.3 Å². The largest absolute Gasteiger partial charge is 0.481 e. The minimum atomic E-state index is 0.0135. The van der Waals surface area contributed by atoms with E-state index in [4.69, 9.17) is 16.3 Å². The van der Waals surface area contributed by atoms with Crippen LogP contribution >= 0.6 is 11.6 Å². The van der Waals surface area contributed by atoms with Gasteiger partial charge in [-0.3, -0.25) is 4.79 Å². The predicted molar refractivity (Wildman–Crippen MR) is 74.4 cm³/mol. The van der Waals surface area contributed by atoms with Crippen LogP contribution in [0.15, 0.2) is 18.3 Å². The molecular formula is C14H19ClN2O2. The van der Waals surface area contributed by atoms with Gasteiger partial charge >= 0.3 is 0 Å². The molecule has 0 N–H and O–H groups in total. The van der Waals surface area contributed by atoms with Gasteiger partial charge in [-0.25, -0.2) is 4.98 Å². The highest BCUT2D eigenvalue weighted by Crippen LogP contribution is 2.24. The molecule has 0 unspecified atom stereocenters. The van der Waals surface area contributed by atoms with E-state index in [0.29, 0.717) is 5.75 Å². The Morgan fingerprint density at radius 1 is 1.47 bits per heavy atom. The summed E-state index contributed by atoms with van der Waals surface area (Å²) in [6.45, 7) is 4.19. The van der Waals surface area contributed by atoms with Crippen molar-refractivity contribution in [2.75, 3.05) is 6.61 Å². The lowest BCUT2D eigenvalue weighted by atomic mass is 9.97. The maximum atomic E-state index is 12.2. The summed E-state index contributed by atoms with van der Waals surface area (Å²) in [4.78, 5) is 18.1. The fourth-order valence-electron chi connectivity index (χ4n) is 2.61. The summed E-state index contributed by atoms with van der Waals surface area (Å²) in [5.41, 5.74) is 0. The number of pyridine rings is 1. The second-order valence-electron chi connectivity index (χ2n) is 5.01. The quantitative estimate of drug-likeness (QED) is 0.801. The highest BCUT2D eigenvalue weighted by Gasteiger charge is 2.29. The third-order valence-corrected chi connectivity index (χ3v) is 3.84. The van der Waals surface area contributed by atoms with E-state index in [2.05, 4.69) is 18.8 Å². The number of likely N-dealkylation sites (tertiary alicyclic amines) is 1. The molecule has 1 aliphatic rings. The number of carbonyl (C=O) groups is 1. The number of aromatic nitrogens is 1. The van der Waals surface area contributed by atoms with Crippen molar-refractivity contribution in [3.63, 3.8) is 0 Å². The van der Waals surface area contributed by atoms with Crippen molar-refractivity contribution in [1.29, 1.82) is 0 Å². The third kappa shape index (κ3) is 3.38. The first-order valence-electron chi connectivity index (χ1n) is 6.64. The van der Waals surface area contributed by atoms with Gasteiger partial charge in [0.25, 0.3) is 5.91 Å². The molecule has 0 aromatic carbocycles. The summed E-state index contributed by atoms with van der Waals surface area (Å²) in [6, 6.07) is 4.01. The molecule has 4 nitrogen and oxygen atoms in total. The molecule has 2 heterocycles. The molecule has 0 radical (unpaired) electrons. The number of hydrogen-bond acceptors (Lipinski definition) is 3. The van der Waals surface area contributed by atoms with Crippen molar-refractivity contribution in [3.05, 3.63) is 23.5 Å². The van der Waals surface area contributed by atoms with E-state index < -0.39 is 0 Å². The molecule has 5 heteroatoms. The molecule has 0 aliphatic carbocycles. The van der Waals surface area contributed by atoms with Crippen molar-refractivity contribution in [2.24, 2.45) is 0 Å². The minimum absolute atomic E-state index is 0.0135. The number of rotatable bonds is 3. The zero-order chi connectivity index (χ0) is 13.8. The Hall–Kier alpha value is -1.29. The van der Waals surface area contributed by atoms with E-state index in [9.17, 15) is 4.79 Å². The SMILES string of the molecule is C[C@H]1CCC[C@H](C)N1C(=O)COc1cccnc1Cl. The number of piperidine rings is 1. The summed E-state index contributed by atoms with van der Waals surface area (Å²) in [5.74, 6) is 0.467. The van der Waals surface area contributed by atoms with Crippen molar-refractivity contribution in [1.82, 2.24) is 9.88 Å². The first-order valence-corrected chi connectivity index (χ1v) is 7.02. The van der Waals surface area contributed by atoms with Crippen LogP contribution < -0.4 is 4.74 Å². The van der Waals surface area contributed by atoms with E-state index in [1.165, 1.54) is 6.42 Å². The number of hydrogen-bond donors (Lipinski definition) is 0. The van der Waals surface area contributed by atoms with Gasteiger partial charge in [-0.05, 0) is 45.2 Å². The topological polar surface area (TPSA) is 42.4 Å². The van der Waals surface area contributed by atoms with Crippen LogP contribution in [0.4, 0.5) is 0 Å². The summed E-state index contributed by atoms with van der Waals surface area (Å²) in [5, 5.41) is 0.287. The minimum Gasteiger partial charge on any atom is -0.481 e. The fourth-order valence-corrected chi connectivity index (χ4v) is 2.78. The molecule has 104 valence electrons. The molecule has 2 atom stereocenters. The predicted octanol–water partition coefficient (Wildman–Crippen LogP) is 2.90. The Labute approximate surface area is 118 Å². The fraction of sp³-hybridized carbons (Fsp3) is 0.571. The molecule has 0 saturated carbocycles. The monoisotopic (exact) mass is 282 g/mol. The van der Waals surface area contributed by atoms with Gasteiger partial charge in [0, 0.05) is 18.3 Å². The first-order chi connectivity index (χ1) is 9.09. The lowest BCUT2D eigenvalue weighted by Crippen LogP contribution is -2.49. The van der Waals surface area contributed by atoms with E-state index in [1.807, 2.05) is 4.90 Å². The number of nitrogens with zero attached hydrogens (tertiary/aromatic N) is 2. The second-order valence-corrected chi connectivity index (χ2v) is 5.37. The number of ether oxygens (including phenoxy) is 1. The molecule has 2 rings (SSSR count). The van der Waals surface area contributed by atoms with Gasteiger partial charge in [0.05, 0.1) is 0 Å². The highest BCUT2D eigenvalue weighted by molar-refractivity contribution is 6.30. The maximum Gasteiger partial charge on any atom is 0.260 e. The van der Waals surface area contributed by atoms with Crippen LogP contribution in [0.2, 0.25) is 5.15 Å². The normalized spacial score (nSPS) is 23.2. The molecular weight excluding hydrogens is 264 g/mol. The molecule has 1 aromatic rings. The number of halogens is 1. The lowest BCUT2D eigenvalue weighted by molar-refractivity contribution is -0.139. The van der Waals surface area contributed by atoms with E-state index in [-0.39, 0.29) is 29.8 Å². The van der Waals surface area contributed by atoms with Crippen molar-refractivity contribution >= 4 is 17.5 Å². The molecule has 19 heavy (non-hydrogen) atoms. The second kappa shape index (κ2) is 6.24. The summed E-state index contributed by atoms with van der Waals surface area (Å²) >= 11 is 5.89. The van der Waals surface area contributed by atoms with E-state index >= 15 is 0 Å². The summed E-state index contributed by atoms with van der Waals surface area (Å²) < 4.78 is 5.46. The smallest absolute Gasteiger partial charge is 0.260 e.